The first-order valence-corrected chi connectivity index (χ1v) is 8.46. The van der Waals surface area contributed by atoms with Crippen LogP contribution in [-0.2, 0) is 13.8 Å². The Morgan fingerprint density at radius 1 is 1.56 bits per heavy atom. The maximum Gasteiger partial charge on any atom is 0.268 e. The van der Waals surface area contributed by atoms with Crippen LogP contribution in [0.25, 0.3) is 0 Å². The van der Waals surface area contributed by atoms with Crippen molar-refractivity contribution in [1.82, 2.24) is 9.57 Å². The third-order valence-corrected chi connectivity index (χ3v) is 5.31. The Labute approximate surface area is 111 Å². The van der Waals surface area contributed by atoms with Gasteiger partial charge < -0.3 is 14.2 Å². The monoisotopic (exact) mass is 362 g/mol. The molecule has 0 N–H and O–H groups in total. The van der Waals surface area contributed by atoms with E-state index in [4.69, 9.17) is 9.26 Å². The second kappa shape index (κ2) is 6.11. The number of nitrogens with zero attached hydrogens (tertiary/aromatic N) is 2. The van der Waals surface area contributed by atoms with Crippen LogP contribution in [0.3, 0.4) is 0 Å². The van der Waals surface area contributed by atoms with Gasteiger partial charge in [0.05, 0.1) is 12.7 Å². The van der Waals surface area contributed by atoms with Crippen LogP contribution in [-0.4, -0.2) is 67.3 Å². The first kappa shape index (κ1) is 14.9. The normalized spacial score (nSPS) is 31.6. The Bertz CT molecular complexity index is 267. The highest BCUT2D eigenvalue weighted by molar-refractivity contribution is 14.1. The molecule has 3 unspecified atom stereocenters. The number of hydrogen-bond acceptors (Lipinski definition) is 4. The zero-order valence-corrected chi connectivity index (χ0v) is 13.3. The minimum atomic E-state index is -2.64. The fraction of sp³-hybridized carbons (Fsp3) is 1.00. The SMILES string of the molecule is CN1CC(I)OC(COP(C)(=O)N(C)C)C1. The van der Waals surface area contributed by atoms with Crippen LogP contribution in [0.2, 0.25) is 0 Å². The molecule has 0 aliphatic carbocycles. The maximum atomic E-state index is 12.0. The van der Waals surface area contributed by atoms with Crippen molar-refractivity contribution in [3.8, 4) is 0 Å². The van der Waals surface area contributed by atoms with Crippen molar-refractivity contribution in [2.75, 3.05) is 47.5 Å². The second-order valence-electron chi connectivity index (χ2n) is 4.34. The molecule has 0 aromatic heterocycles. The first-order chi connectivity index (χ1) is 7.31. The highest BCUT2D eigenvalue weighted by atomic mass is 127. The Hall–Kier alpha value is 0.800. The number of alkyl halides is 1. The molecular formula is C9H20IN2O3P. The summed E-state index contributed by atoms with van der Waals surface area (Å²) >= 11 is 2.26. The smallest absolute Gasteiger partial charge is 0.268 e. The largest absolute Gasteiger partial charge is 0.360 e. The molecule has 1 aliphatic heterocycles. The summed E-state index contributed by atoms with van der Waals surface area (Å²) in [5.41, 5.74) is 0. The van der Waals surface area contributed by atoms with Gasteiger partial charge in [0.25, 0.3) is 7.52 Å². The molecule has 1 aliphatic rings. The molecule has 96 valence electrons. The van der Waals surface area contributed by atoms with Crippen molar-refractivity contribution in [2.24, 2.45) is 0 Å². The van der Waals surface area contributed by atoms with Crippen molar-refractivity contribution in [3.63, 3.8) is 0 Å². The van der Waals surface area contributed by atoms with Gasteiger partial charge in [0.1, 0.15) is 4.11 Å². The number of halogens is 1. The summed E-state index contributed by atoms with van der Waals surface area (Å²) in [7, 11) is 2.94. The summed E-state index contributed by atoms with van der Waals surface area (Å²) < 4.78 is 24.9. The van der Waals surface area contributed by atoms with E-state index in [2.05, 4.69) is 34.5 Å². The minimum absolute atomic E-state index is 0.00822. The topological polar surface area (TPSA) is 42.0 Å². The van der Waals surface area contributed by atoms with Gasteiger partial charge in [0.15, 0.2) is 0 Å². The zero-order chi connectivity index (χ0) is 12.3. The fourth-order valence-electron chi connectivity index (χ4n) is 1.39. The molecule has 1 heterocycles. The molecule has 1 fully saturated rings. The Kier molecular flexibility index (Phi) is 5.67. The van der Waals surface area contributed by atoms with Gasteiger partial charge in [-0.1, -0.05) is 0 Å². The summed E-state index contributed by atoms with van der Waals surface area (Å²) in [6, 6.07) is 0. The lowest BCUT2D eigenvalue weighted by Crippen LogP contribution is -2.45. The van der Waals surface area contributed by atoms with E-state index in [-0.39, 0.29) is 10.2 Å². The van der Waals surface area contributed by atoms with Crippen molar-refractivity contribution < 1.29 is 13.8 Å². The van der Waals surface area contributed by atoms with Gasteiger partial charge in [0.2, 0.25) is 0 Å². The molecule has 7 heteroatoms. The molecule has 3 atom stereocenters. The lowest BCUT2D eigenvalue weighted by atomic mass is 10.3. The molecule has 16 heavy (non-hydrogen) atoms. The summed E-state index contributed by atoms with van der Waals surface area (Å²) in [4.78, 5) is 2.20. The number of hydrogen-bond donors (Lipinski definition) is 0. The van der Waals surface area contributed by atoms with E-state index in [0.29, 0.717) is 6.61 Å². The van der Waals surface area contributed by atoms with Crippen molar-refractivity contribution in [3.05, 3.63) is 0 Å². The molecule has 0 aromatic carbocycles. The van der Waals surface area contributed by atoms with E-state index in [1.165, 1.54) is 0 Å². The van der Waals surface area contributed by atoms with E-state index in [0.717, 1.165) is 13.1 Å². The molecule has 0 aromatic rings. The minimum Gasteiger partial charge on any atom is -0.360 e. The average molecular weight is 362 g/mol. The lowest BCUT2D eigenvalue weighted by Gasteiger charge is -2.34. The van der Waals surface area contributed by atoms with Crippen LogP contribution in [0.5, 0.6) is 0 Å². The van der Waals surface area contributed by atoms with Crippen molar-refractivity contribution in [1.29, 1.82) is 0 Å². The number of rotatable bonds is 4. The van der Waals surface area contributed by atoms with Crippen LogP contribution in [0.1, 0.15) is 0 Å². The van der Waals surface area contributed by atoms with Gasteiger partial charge in [-0.3, -0.25) is 4.57 Å². The summed E-state index contributed by atoms with van der Waals surface area (Å²) in [6.45, 7) is 3.76. The maximum absolute atomic E-state index is 12.0. The highest BCUT2D eigenvalue weighted by Crippen LogP contribution is 2.44. The number of morpholine rings is 1. The standard InChI is InChI=1S/C9H20IN2O3P/c1-11(2)16(4,13)14-7-8-5-12(3)6-9(10)15-8/h8-9H,5-7H2,1-4H3. The molecule has 1 rings (SSSR count). The molecule has 1 saturated heterocycles. The fourth-order valence-corrected chi connectivity index (χ4v) is 3.15. The molecule has 0 amide bonds. The van der Waals surface area contributed by atoms with Crippen LogP contribution in [0.4, 0.5) is 0 Å². The quantitative estimate of drug-likeness (QED) is 0.431. The molecule has 0 radical (unpaired) electrons. The molecule has 0 saturated carbocycles. The summed E-state index contributed by atoms with van der Waals surface area (Å²) in [5, 5.41) is 0. The van der Waals surface area contributed by atoms with E-state index < -0.39 is 7.52 Å². The van der Waals surface area contributed by atoms with Crippen molar-refractivity contribution >= 4 is 30.1 Å². The highest BCUT2D eigenvalue weighted by Gasteiger charge is 2.27. The zero-order valence-electron chi connectivity index (χ0n) is 10.2. The van der Waals surface area contributed by atoms with Gasteiger partial charge in [-0.15, -0.1) is 0 Å². The Morgan fingerprint density at radius 3 is 2.69 bits per heavy atom. The third-order valence-electron chi connectivity index (χ3n) is 2.54. The van der Waals surface area contributed by atoms with E-state index in [9.17, 15) is 4.57 Å². The Balaban J connectivity index is 2.40. The number of likely N-dealkylation sites (N-methyl/N-ethyl adjacent to an activating group) is 1. The predicted octanol–water partition coefficient (Wildman–Crippen LogP) is 1.48. The van der Waals surface area contributed by atoms with Crippen LogP contribution >= 0.6 is 30.1 Å². The van der Waals surface area contributed by atoms with Gasteiger partial charge in [0, 0.05) is 19.8 Å². The Morgan fingerprint density at radius 2 is 2.19 bits per heavy atom. The average Bonchev–Trinajstić information content (AvgIpc) is 2.13. The van der Waals surface area contributed by atoms with E-state index >= 15 is 0 Å². The molecular weight excluding hydrogens is 342 g/mol. The first-order valence-electron chi connectivity index (χ1n) is 5.19. The van der Waals surface area contributed by atoms with Gasteiger partial charge in [-0.25, -0.2) is 4.67 Å². The van der Waals surface area contributed by atoms with Gasteiger partial charge in [-0.05, 0) is 43.7 Å². The molecule has 0 spiro atoms. The molecule has 5 nitrogen and oxygen atoms in total. The van der Waals surface area contributed by atoms with E-state index in [1.807, 2.05) is 0 Å². The molecule has 0 bridgehead atoms. The number of ether oxygens (including phenoxy) is 1. The lowest BCUT2D eigenvalue weighted by molar-refractivity contribution is -0.0496. The third kappa shape index (κ3) is 4.58. The van der Waals surface area contributed by atoms with Crippen LogP contribution < -0.4 is 0 Å². The summed E-state index contributed by atoms with van der Waals surface area (Å²) in [6.07, 6.45) is 0.00822. The van der Waals surface area contributed by atoms with Crippen LogP contribution in [0, 0.1) is 0 Å². The van der Waals surface area contributed by atoms with Crippen LogP contribution in [0.15, 0.2) is 0 Å². The van der Waals surface area contributed by atoms with Gasteiger partial charge in [-0.2, -0.15) is 0 Å². The second-order valence-corrected chi connectivity index (χ2v) is 8.39. The van der Waals surface area contributed by atoms with Crippen molar-refractivity contribution in [2.45, 2.75) is 10.2 Å². The summed E-state index contributed by atoms with van der Waals surface area (Å²) in [5.74, 6) is 0. The predicted molar refractivity (Wildman–Crippen MR) is 73.3 cm³/mol. The van der Waals surface area contributed by atoms with E-state index in [1.54, 1.807) is 25.4 Å². The van der Waals surface area contributed by atoms with Gasteiger partial charge >= 0.3 is 0 Å².